The largest absolute Gasteiger partial charge is 0.342 e. The standard InChI is InChI=1S/C18H16FN5OS/c1-23-6-5-20-17(23)16(12-3-2-4-13(19)9-12)22-15(25)10-14-11-24-7-8-26-18(24)21-14/h2-9,11,16H,10H2,1H3,(H,22,25). The number of aryl methyl sites for hydroxylation is 1. The van der Waals surface area contributed by atoms with Crippen LogP contribution in [0.25, 0.3) is 4.96 Å². The second kappa shape index (κ2) is 6.72. The first-order chi connectivity index (χ1) is 12.6. The highest BCUT2D eigenvalue weighted by Gasteiger charge is 2.21. The van der Waals surface area contributed by atoms with E-state index in [0.717, 1.165) is 4.96 Å². The van der Waals surface area contributed by atoms with E-state index in [1.165, 1.54) is 23.5 Å². The molecule has 0 bridgehead atoms. The van der Waals surface area contributed by atoms with E-state index in [0.29, 0.717) is 17.1 Å². The van der Waals surface area contributed by atoms with Gasteiger partial charge in [0.2, 0.25) is 5.91 Å². The van der Waals surface area contributed by atoms with Gasteiger partial charge in [0.15, 0.2) is 4.96 Å². The number of rotatable bonds is 5. The van der Waals surface area contributed by atoms with Gasteiger partial charge in [0, 0.05) is 37.2 Å². The Balaban J connectivity index is 1.58. The van der Waals surface area contributed by atoms with E-state index in [-0.39, 0.29) is 18.1 Å². The molecule has 1 aromatic carbocycles. The van der Waals surface area contributed by atoms with Gasteiger partial charge in [-0.2, -0.15) is 0 Å². The highest BCUT2D eigenvalue weighted by Crippen LogP contribution is 2.21. The summed E-state index contributed by atoms with van der Waals surface area (Å²) in [6.45, 7) is 0. The second-order valence-electron chi connectivity index (χ2n) is 5.95. The van der Waals surface area contributed by atoms with Gasteiger partial charge < -0.3 is 9.88 Å². The normalized spacial score (nSPS) is 12.4. The molecule has 8 heteroatoms. The van der Waals surface area contributed by atoms with Crippen LogP contribution in [-0.2, 0) is 18.3 Å². The van der Waals surface area contributed by atoms with Crippen molar-refractivity contribution in [2.24, 2.45) is 7.05 Å². The minimum Gasteiger partial charge on any atom is -0.342 e. The van der Waals surface area contributed by atoms with E-state index in [4.69, 9.17) is 0 Å². The fourth-order valence-electron chi connectivity index (χ4n) is 2.88. The second-order valence-corrected chi connectivity index (χ2v) is 6.83. The molecule has 1 amide bonds. The van der Waals surface area contributed by atoms with Gasteiger partial charge in [-0.1, -0.05) is 12.1 Å². The van der Waals surface area contributed by atoms with Gasteiger partial charge in [-0.15, -0.1) is 11.3 Å². The van der Waals surface area contributed by atoms with Crippen LogP contribution < -0.4 is 5.32 Å². The van der Waals surface area contributed by atoms with Gasteiger partial charge >= 0.3 is 0 Å². The monoisotopic (exact) mass is 369 g/mol. The lowest BCUT2D eigenvalue weighted by Gasteiger charge is -2.19. The van der Waals surface area contributed by atoms with Crippen LogP contribution in [0.2, 0.25) is 0 Å². The molecular formula is C18H16FN5OS. The number of carbonyl (C=O) groups is 1. The number of halogens is 1. The number of amides is 1. The van der Waals surface area contributed by atoms with Gasteiger partial charge in [-0.3, -0.25) is 9.20 Å². The lowest BCUT2D eigenvalue weighted by molar-refractivity contribution is -0.121. The van der Waals surface area contributed by atoms with Gasteiger partial charge in [-0.25, -0.2) is 14.4 Å². The Morgan fingerprint density at radius 1 is 1.38 bits per heavy atom. The lowest BCUT2D eigenvalue weighted by Crippen LogP contribution is -2.32. The van der Waals surface area contributed by atoms with Crippen molar-refractivity contribution >= 4 is 22.2 Å². The fourth-order valence-corrected chi connectivity index (χ4v) is 3.60. The van der Waals surface area contributed by atoms with Gasteiger partial charge in [-0.05, 0) is 17.7 Å². The Morgan fingerprint density at radius 2 is 2.27 bits per heavy atom. The number of carbonyl (C=O) groups excluding carboxylic acids is 1. The van der Waals surface area contributed by atoms with Crippen molar-refractivity contribution in [3.05, 3.63) is 77.3 Å². The number of nitrogens with zero attached hydrogens (tertiary/aromatic N) is 4. The number of benzene rings is 1. The molecule has 26 heavy (non-hydrogen) atoms. The van der Waals surface area contributed by atoms with E-state index in [2.05, 4.69) is 15.3 Å². The summed E-state index contributed by atoms with van der Waals surface area (Å²) in [6.07, 6.45) is 7.32. The van der Waals surface area contributed by atoms with Crippen LogP contribution in [0.3, 0.4) is 0 Å². The molecule has 0 radical (unpaired) electrons. The summed E-state index contributed by atoms with van der Waals surface area (Å²) in [5.74, 6) is 0.0769. The fraction of sp³-hybridized carbons (Fsp3) is 0.167. The number of hydrogen-bond acceptors (Lipinski definition) is 4. The van der Waals surface area contributed by atoms with Gasteiger partial charge in [0.05, 0.1) is 12.1 Å². The summed E-state index contributed by atoms with van der Waals surface area (Å²) in [7, 11) is 1.84. The summed E-state index contributed by atoms with van der Waals surface area (Å²) in [4.78, 5) is 22.2. The quantitative estimate of drug-likeness (QED) is 0.588. The summed E-state index contributed by atoms with van der Waals surface area (Å²) in [6, 6.07) is 5.64. The maximum atomic E-state index is 13.7. The third kappa shape index (κ3) is 3.23. The highest BCUT2D eigenvalue weighted by atomic mass is 32.1. The molecule has 0 saturated heterocycles. The Hall–Kier alpha value is -3.00. The van der Waals surface area contributed by atoms with E-state index in [9.17, 15) is 9.18 Å². The molecule has 0 aliphatic rings. The van der Waals surface area contributed by atoms with Crippen LogP contribution in [0, 0.1) is 5.82 Å². The summed E-state index contributed by atoms with van der Waals surface area (Å²) in [5.41, 5.74) is 1.32. The van der Waals surface area contributed by atoms with Crippen LogP contribution in [0.1, 0.15) is 23.1 Å². The van der Waals surface area contributed by atoms with Crippen molar-refractivity contribution in [1.29, 1.82) is 0 Å². The third-order valence-corrected chi connectivity index (χ3v) is 4.86. The van der Waals surface area contributed by atoms with E-state index >= 15 is 0 Å². The molecule has 132 valence electrons. The van der Waals surface area contributed by atoms with Crippen molar-refractivity contribution < 1.29 is 9.18 Å². The number of aromatic nitrogens is 4. The van der Waals surface area contributed by atoms with Crippen molar-refractivity contribution in [2.75, 3.05) is 0 Å². The van der Waals surface area contributed by atoms with Crippen LogP contribution in [-0.4, -0.2) is 24.8 Å². The summed E-state index contributed by atoms with van der Waals surface area (Å²) >= 11 is 1.51. The molecule has 0 saturated carbocycles. The zero-order valence-corrected chi connectivity index (χ0v) is 14.8. The molecule has 6 nitrogen and oxygen atoms in total. The Morgan fingerprint density at radius 3 is 3.00 bits per heavy atom. The smallest absolute Gasteiger partial charge is 0.226 e. The highest BCUT2D eigenvalue weighted by molar-refractivity contribution is 7.15. The van der Waals surface area contributed by atoms with Crippen molar-refractivity contribution in [2.45, 2.75) is 12.5 Å². The predicted molar refractivity (Wildman–Crippen MR) is 96.4 cm³/mol. The Bertz CT molecular complexity index is 1040. The molecule has 1 unspecified atom stereocenters. The van der Waals surface area contributed by atoms with Crippen LogP contribution in [0.15, 0.2) is 54.4 Å². The van der Waals surface area contributed by atoms with Crippen LogP contribution in [0.5, 0.6) is 0 Å². The lowest BCUT2D eigenvalue weighted by atomic mass is 10.1. The first-order valence-corrected chi connectivity index (χ1v) is 8.91. The van der Waals surface area contributed by atoms with E-state index < -0.39 is 6.04 Å². The summed E-state index contributed by atoms with van der Waals surface area (Å²) < 4.78 is 17.4. The SMILES string of the molecule is Cn1ccnc1C(NC(=O)Cc1cn2ccsc2n1)c1cccc(F)c1. The number of thiazole rings is 1. The maximum absolute atomic E-state index is 13.7. The number of hydrogen-bond donors (Lipinski definition) is 1. The molecule has 1 N–H and O–H groups in total. The van der Waals surface area contributed by atoms with Crippen LogP contribution in [0.4, 0.5) is 4.39 Å². The van der Waals surface area contributed by atoms with Crippen molar-refractivity contribution in [3.63, 3.8) is 0 Å². The molecule has 4 rings (SSSR count). The molecule has 3 aromatic heterocycles. The zero-order valence-electron chi connectivity index (χ0n) is 14.0. The average Bonchev–Trinajstić information content (AvgIpc) is 3.29. The molecule has 4 aromatic rings. The zero-order chi connectivity index (χ0) is 18.1. The predicted octanol–water partition coefficient (Wildman–Crippen LogP) is 2.72. The van der Waals surface area contributed by atoms with Crippen LogP contribution >= 0.6 is 11.3 Å². The number of fused-ring (bicyclic) bond motifs is 1. The van der Waals surface area contributed by atoms with E-state index in [1.807, 2.05) is 33.8 Å². The first kappa shape index (κ1) is 16.5. The average molecular weight is 369 g/mol. The maximum Gasteiger partial charge on any atom is 0.226 e. The summed E-state index contributed by atoms with van der Waals surface area (Å²) in [5, 5.41) is 4.89. The van der Waals surface area contributed by atoms with E-state index in [1.54, 1.807) is 24.5 Å². The first-order valence-electron chi connectivity index (χ1n) is 8.03. The minimum atomic E-state index is -0.540. The van der Waals surface area contributed by atoms with Crippen molar-refractivity contribution in [3.8, 4) is 0 Å². The molecular weight excluding hydrogens is 353 g/mol. The Kier molecular flexibility index (Phi) is 4.26. The van der Waals surface area contributed by atoms with Gasteiger partial charge in [0.1, 0.15) is 17.7 Å². The minimum absolute atomic E-state index is 0.143. The van der Waals surface area contributed by atoms with Gasteiger partial charge in [0.25, 0.3) is 0 Å². The molecule has 0 aliphatic heterocycles. The Labute approximate surface area is 152 Å². The topological polar surface area (TPSA) is 64.2 Å². The third-order valence-electron chi connectivity index (χ3n) is 4.09. The molecule has 3 heterocycles. The molecule has 1 atom stereocenters. The van der Waals surface area contributed by atoms with Crippen molar-refractivity contribution in [1.82, 2.24) is 24.3 Å². The number of nitrogens with one attached hydrogen (secondary N) is 1. The molecule has 0 spiro atoms. The number of imidazole rings is 2. The molecule has 0 aliphatic carbocycles. The molecule has 0 fully saturated rings.